The molecule has 0 spiro atoms. The Morgan fingerprint density at radius 1 is 1.09 bits per heavy atom. The maximum absolute atomic E-state index is 12.3. The van der Waals surface area contributed by atoms with Gasteiger partial charge in [-0.2, -0.15) is 0 Å². The first-order valence-corrected chi connectivity index (χ1v) is 7.34. The lowest BCUT2D eigenvalue weighted by molar-refractivity contribution is -0.122. The number of hydrogen-bond acceptors (Lipinski definition) is 4. The minimum Gasteiger partial charge on any atom is -0.344 e. The summed E-state index contributed by atoms with van der Waals surface area (Å²) in [5.41, 5.74) is 3.24. The monoisotopic (exact) mass is 307 g/mol. The lowest BCUT2D eigenvalue weighted by Gasteiger charge is -2.20. The number of nitrogens with one attached hydrogen (secondary N) is 1. The molecule has 1 atom stereocenters. The van der Waals surface area contributed by atoms with E-state index in [9.17, 15) is 4.79 Å². The number of carbonyl (C=O) groups excluding carboxylic acids is 1. The maximum Gasteiger partial charge on any atom is 0.242 e. The van der Waals surface area contributed by atoms with E-state index in [1.807, 2.05) is 61.5 Å². The van der Waals surface area contributed by atoms with Crippen molar-refractivity contribution >= 4 is 5.91 Å². The van der Waals surface area contributed by atoms with E-state index in [-0.39, 0.29) is 18.5 Å². The lowest BCUT2D eigenvalue weighted by atomic mass is 9.98. The van der Waals surface area contributed by atoms with Crippen LogP contribution >= 0.6 is 0 Å². The summed E-state index contributed by atoms with van der Waals surface area (Å²) in [5, 5.41) is 13.8. The summed E-state index contributed by atoms with van der Waals surface area (Å²) in [7, 11) is 0. The Morgan fingerprint density at radius 3 is 2.43 bits per heavy atom. The molecule has 2 aromatic carbocycles. The smallest absolute Gasteiger partial charge is 0.242 e. The summed E-state index contributed by atoms with van der Waals surface area (Å²) in [6.07, 6.45) is 1.42. The summed E-state index contributed by atoms with van der Waals surface area (Å²) in [6, 6.07) is 17.8. The molecule has 0 saturated heterocycles. The third-order valence-electron chi connectivity index (χ3n) is 3.55. The van der Waals surface area contributed by atoms with E-state index in [0.29, 0.717) is 0 Å². The van der Waals surface area contributed by atoms with Gasteiger partial charge in [-0.1, -0.05) is 60.2 Å². The molecule has 0 radical (unpaired) electrons. The fourth-order valence-corrected chi connectivity index (χ4v) is 2.37. The number of aryl methyl sites for hydroxylation is 1. The van der Waals surface area contributed by atoms with Crippen molar-refractivity contribution in [2.75, 3.05) is 0 Å². The van der Waals surface area contributed by atoms with Crippen LogP contribution in [0.1, 0.15) is 22.7 Å². The van der Waals surface area contributed by atoms with Crippen molar-refractivity contribution in [2.45, 2.75) is 19.5 Å². The molecule has 0 aliphatic carbocycles. The van der Waals surface area contributed by atoms with E-state index in [4.69, 9.17) is 0 Å². The van der Waals surface area contributed by atoms with Crippen LogP contribution in [0.15, 0.2) is 60.9 Å². The van der Waals surface area contributed by atoms with E-state index in [0.717, 1.165) is 11.1 Å². The first-order valence-electron chi connectivity index (χ1n) is 7.34. The quantitative estimate of drug-likeness (QED) is 0.781. The molecule has 3 aromatic rings. The fourth-order valence-electron chi connectivity index (χ4n) is 2.37. The molecular weight excluding hydrogens is 290 g/mol. The van der Waals surface area contributed by atoms with Gasteiger partial charge in [0.25, 0.3) is 0 Å². The summed E-state index contributed by atoms with van der Waals surface area (Å²) < 4.78 is 1.40. The van der Waals surface area contributed by atoms with Crippen LogP contribution in [0.3, 0.4) is 0 Å². The van der Waals surface area contributed by atoms with Gasteiger partial charge in [0.2, 0.25) is 5.91 Å². The topological polar surface area (TPSA) is 72.7 Å². The Bertz CT molecular complexity index is 753. The minimum absolute atomic E-state index is 0.0855. The lowest BCUT2D eigenvalue weighted by Crippen LogP contribution is -2.32. The van der Waals surface area contributed by atoms with Crippen LogP contribution in [0.2, 0.25) is 0 Å². The van der Waals surface area contributed by atoms with Crippen molar-refractivity contribution in [2.24, 2.45) is 0 Å². The highest BCUT2D eigenvalue weighted by Crippen LogP contribution is 2.22. The van der Waals surface area contributed by atoms with Crippen LogP contribution in [0.4, 0.5) is 0 Å². The number of amides is 1. The Kier molecular flexibility index (Phi) is 4.42. The number of hydrogen-bond donors (Lipinski definition) is 1. The SMILES string of the molecule is Cc1ccc(C(NC(=O)Cn2cnnn2)c2ccccc2)cc1. The van der Waals surface area contributed by atoms with Gasteiger partial charge in [0.15, 0.2) is 0 Å². The molecule has 0 saturated carbocycles. The van der Waals surface area contributed by atoms with Crippen molar-refractivity contribution in [1.82, 2.24) is 25.5 Å². The summed E-state index contributed by atoms with van der Waals surface area (Å²) in [4.78, 5) is 12.3. The second-order valence-corrected chi connectivity index (χ2v) is 5.33. The normalized spacial score (nSPS) is 11.9. The first kappa shape index (κ1) is 14.9. The average Bonchev–Trinajstić information content (AvgIpc) is 3.07. The molecule has 0 fully saturated rings. The van der Waals surface area contributed by atoms with Gasteiger partial charge in [0.05, 0.1) is 6.04 Å². The highest BCUT2D eigenvalue weighted by atomic mass is 16.2. The molecule has 116 valence electrons. The molecular formula is C17H17N5O. The van der Waals surface area contributed by atoms with E-state index < -0.39 is 0 Å². The van der Waals surface area contributed by atoms with Crippen molar-refractivity contribution in [1.29, 1.82) is 0 Å². The molecule has 1 heterocycles. The summed E-state index contributed by atoms with van der Waals surface area (Å²) >= 11 is 0. The highest BCUT2D eigenvalue weighted by Gasteiger charge is 2.17. The minimum atomic E-state index is -0.208. The van der Waals surface area contributed by atoms with Crippen molar-refractivity contribution in [3.05, 3.63) is 77.6 Å². The largest absolute Gasteiger partial charge is 0.344 e. The number of aromatic nitrogens is 4. The van der Waals surface area contributed by atoms with Crippen molar-refractivity contribution in [3.8, 4) is 0 Å². The second kappa shape index (κ2) is 6.83. The number of carbonyl (C=O) groups is 1. The summed E-state index contributed by atoms with van der Waals surface area (Å²) in [5.74, 6) is -0.147. The van der Waals surface area contributed by atoms with Gasteiger partial charge in [-0.3, -0.25) is 4.79 Å². The molecule has 23 heavy (non-hydrogen) atoms. The molecule has 0 aliphatic rings. The van der Waals surface area contributed by atoms with Crippen LogP contribution < -0.4 is 5.32 Å². The van der Waals surface area contributed by atoms with E-state index in [2.05, 4.69) is 20.8 Å². The number of rotatable bonds is 5. The zero-order chi connectivity index (χ0) is 16.1. The fraction of sp³-hybridized carbons (Fsp3) is 0.176. The molecule has 1 amide bonds. The molecule has 1 N–H and O–H groups in total. The predicted octanol–water partition coefficient (Wildman–Crippen LogP) is 1.89. The number of benzene rings is 2. The number of tetrazole rings is 1. The standard InChI is InChI=1S/C17H17N5O/c1-13-7-9-15(10-8-13)17(14-5-3-2-4-6-14)19-16(23)11-22-12-18-20-21-22/h2-10,12,17H,11H2,1H3,(H,19,23). The highest BCUT2D eigenvalue weighted by molar-refractivity contribution is 5.76. The van der Waals surface area contributed by atoms with Crippen LogP contribution in [-0.4, -0.2) is 26.1 Å². The van der Waals surface area contributed by atoms with Crippen LogP contribution in [0.25, 0.3) is 0 Å². The third-order valence-corrected chi connectivity index (χ3v) is 3.55. The molecule has 6 nitrogen and oxygen atoms in total. The van der Waals surface area contributed by atoms with Crippen molar-refractivity contribution < 1.29 is 4.79 Å². The van der Waals surface area contributed by atoms with Gasteiger partial charge in [-0.05, 0) is 28.5 Å². The second-order valence-electron chi connectivity index (χ2n) is 5.33. The Labute approximate surface area is 134 Å². The van der Waals surface area contributed by atoms with E-state index in [1.54, 1.807) is 0 Å². The maximum atomic E-state index is 12.3. The van der Waals surface area contributed by atoms with Crippen LogP contribution in [0, 0.1) is 6.92 Å². The van der Waals surface area contributed by atoms with Crippen molar-refractivity contribution in [3.63, 3.8) is 0 Å². The molecule has 1 unspecified atom stereocenters. The zero-order valence-electron chi connectivity index (χ0n) is 12.8. The molecule has 0 aliphatic heterocycles. The molecule has 6 heteroatoms. The van der Waals surface area contributed by atoms with Crippen LogP contribution in [0.5, 0.6) is 0 Å². The average molecular weight is 307 g/mol. The van der Waals surface area contributed by atoms with E-state index >= 15 is 0 Å². The van der Waals surface area contributed by atoms with Gasteiger partial charge in [-0.15, -0.1) is 5.10 Å². The molecule has 1 aromatic heterocycles. The summed E-state index contributed by atoms with van der Waals surface area (Å²) in [6.45, 7) is 2.12. The number of nitrogens with zero attached hydrogens (tertiary/aromatic N) is 4. The first-order chi connectivity index (χ1) is 11.2. The zero-order valence-corrected chi connectivity index (χ0v) is 12.8. The Balaban J connectivity index is 1.83. The Morgan fingerprint density at radius 2 is 1.78 bits per heavy atom. The van der Waals surface area contributed by atoms with Gasteiger partial charge in [0.1, 0.15) is 12.9 Å². The van der Waals surface area contributed by atoms with Gasteiger partial charge >= 0.3 is 0 Å². The van der Waals surface area contributed by atoms with Crippen LogP contribution in [-0.2, 0) is 11.3 Å². The van der Waals surface area contributed by atoms with Gasteiger partial charge in [0, 0.05) is 0 Å². The van der Waals surface area contributed by atoms with Gasteiger partial charge in [-0.25, -0.2) is 4.68 Å². The molecule has 0 bridgehead atoms. The molecule has 3 rings (SSSR count). The van der Waals surface area contributed by atoms with Gasteiger partial charge < -0.3 is 5.32 Å². The van der Waals surface area contributed by atoms with E-state index in [1.165, 1.54) is 16.6 Å². The Hall–Kier alpha value is -3.02. The third kappa shape index (κ3) is 3.79. The predicted molar refractivity (Wildman–Crippen MR) is 85.4 cm³/mol.